The number of benzene rings is 3. The molecule has 0 bridgehead atoms. The van der Waals surface area contributed by atoms with Crippen molar-refractivity contribution in [2.75, 3.05) is 18.1 Å². The first-order valence-electron chi connectivity index (χ1n) is 15.9. The quantitative estimate of drug-likeness (QED) is 0.151. The summed E-state index contributed by atoms with van der Waals surface area (Å²) in [6, 6.07) is 25.6. The lowest BCUT2D eigenvalue weighted by Gasteiger charge is -2.19. The van der Waals surface area contributed by atoms with Crippen LogP contribution >= 0.6 is 34.4 Å². The average Bonchev–Trinajstić information content (AvgIpc) is 3.71. The van der Waals surface area contributed by atoms with Crippen LogP contribution in [-0.2, 0) is 13.1 Å². The van der Waals surface area contributed by atoms with Gasteiger partial charge in [0.25, 0.3) is 10.6 Å². The van der Waals surface area contributed by atoms with Crippen molar-refractivity contribution < 1.29 is 9.30 Å². The number of hydrogen-bond acceptors (Lipinski definition) is 6. The van der Waals surface area contributed by atoms with Gasteiger partial charge in [-0.25, -0.2) is 0 Å². The van der Waals surface area contributed by atoms with Crippen LogP contribution in [0.5, 0.6) is 5.75 Å². The number of nitrogens with zero attached hydrogens (tertiary/aromatic N) is 3. The Balaban J connectivity index is 1.49. The molecule has 0 saturated carbocycles. The summed E-state index contributed by atoms with van der Waals surface area (Å²) in [5, 5.41) is 2.26. The number of thioether (sulfide) groups is 1. The number of allylic oxidation sites excluding steroid dienone is 1. The van der Waals surface area contributed by atoms with Gasteiger partial charge in [0.2, 0.25) is 5.69 Å². The van der Waals surface area contributed by atoms with Crippen LogP contribution in [0.1, 0.15) is 45.2 Å². The summed E-state index contributed by atoms with van der Waals surface area (Å²) in [5.41, 5.74) is 6.95. The van der Waals surface area contributed by atoms with Crippen molar-refractivity contribution in [3.63, 3.8) is 0 Å². The molecule has 0 spiro atoms. The first kappa shape index (κ1) is 32.1. The van der Waals surface area contributed by atoms with Crippen molar-refractivity contribution in [2.45, 2.75) is 59.5 Å². The van der Waals surface area contributed by atoms with Crippen LogP contribution in [0.4, 0.5) is 5.69 Å². The fraction of sp³-hybridized carbons (Fsp3) is 0.263. The van der Waals surface area contributed by atoms with Gasteiger partial charge in [-0.15, -0.1) is 11.3 Å². The lowest BCUT2D eigenvalue weighted by atomic mass is 10.1. The molecular weight excluding hydrogens is 627 g/mol. The lowest BCUT2D eigenvalue weighted by molar-refractivity contribution is -0.679. The van der Waals surface area contributed by atoms with E-state index in [9.17, 15) is 4.79 Å². The van der Waals surface area contributed by atoms with E-state index in [0.29, 0.717) is 13.2 Å². The fourth-order valence-electron chi connectivity index (χ4n) is 5.94. The molecule has 5 nitrogen and oxygen atoms in total. The van der Waals surface area contributed by atoms with Gasteiger partial charge in [0, 0.05) is 29.6 Å². The number of aromatic nitrogens is 2. The maximum Gasteiger partial charge on any atom is 0.269 e. The second-order valence-electron chi connectivity index (χ2n) is 11.1. The van der Waals surface area contributed by atoms with E-state index in [0.717, 1.165) is 54.9 Å². The minimum absolute atomic E-state index is 0.0670. The molecule has 0 N–H and O–H groups in total. The molecule has 236 valence electrons. The van der Waals surface area contributed by atoms with Gasteiger partial charge in [-0.2, -0.15) is 4.57 Å². The molecule has 0 atom stereocenters. The van der Waals surface area contributed by atoms with Crippen LogP contribution in [0, 0.1) is 6.92 Å². The molecule has 1 aliphatic rings. The maximum absolute atomic E-state index is 13.9. The minimum atomic E-state index is 0.0670. The van der Waals surface area contributed by atoms with E-state index >= 15 is 0 Å². The Kier molecular flexibility index (Phi) is 9.68. The largest absolute Gasteiger partial charge is 0.494 e. The Hall–Kier alpha value is -3.85. The number of anilines is 1. The Labute approximate surface area is 283 Å². The van der Waals surface area contributed by atoms with Crippen LogP contribution in [0.3, 0.4) is 0 Å². The van der Waals surface area contributed by atoms with Crippen LogP contribution in [-0.4, -0.2) is 17.7 Å². The van der Waals surface area contributed by atoms with Crippen LogP contribution in [0.25, 0.3) is 33.3 Å². The Bertz CT molecular complexity index is 2090. The molecule has 0 fully saturated rings. The third-order valence-corrected chi connectivity index (χ3v) is 11.7. The van der Waals surface area contributed by atoms with E-state index in [1.54, 1.807) is 34.4 Å². The number of fused-ring (bicyclic) bond motifs is 1. The molecule has 5 aromatic rings. The minimum Gasteiger partial charge on any atom is -0.494 e. The van der Waals surface area contributed by atoms with Gasteiger partial charge in [0.15, 0.2) is 0 Å². The summed E-state index contributed by atoms with van der Waals surface area (Å²) < 4.78 is 11.9. The van der Waals surface area contributed by atoms with Gasteiger partial charge in [-0.05, 0) is 82.5 Å². The van der Waals surface area contributed by atoms with Crippen molar-refractivity contribution in [3.05, 3.63) is 114 Å². The summed E-state index contributed by atoms with van der Waals surface area (Å²) in [7, 11) is 0. The molecule has 1 aliphatic heterocycles. The Morgan fingerprint density at radius 3 is 2.24 bits per heavy atom. The van der Waals surface area contributed by atoms with Crippen LogP contribution < -0.4 is 29.0 Å². The average molecular weight is 667 g/mol. The molecule has 0 radical (unpaired) electrons. The van der Waals surface area contributed by atoms with Gasteiger partial charge in [0.1, 0.15) is 21.8 Å². The predicted octanol–water partition coefficient (Wildman–Crippen LogP) is 7.81. The topological polar surface area (TPSA) is 38.4 Å². The highest BCUT2D eigenvalue weighted by Gasteiger charge is 2.28. The zero-order valence-electron chi connectivity index (χ0n) is 27.3. The molecule has 0 aliphatic carbocycles. The van der Waals surface area contributed by atoms with Crippen LogP contribution in [0.15, 0.2) is 93.6 Å². The third kappa shape index (κ3) is 6.01. The molecule has 0 unspecified atom stereocenters. The molecule has 46 heavy (non-hydrogen) atoms. The summed E-state index contributed by atoms with van der Waals surface area (Å²) in [5.74, 6) is 0.926. The lowest BCUT2D eigenvalue weighted by Crippen LogP contribution is -2.37. The molecule has 6 rings (SSSR count). The van der Waals surface area contributed by atoms with E-state index in [-0.39, 0.29) is 5.56 Å². The molecule has 0 saturated heterocycles. The summed E-state index contributed by atoms with van der Waals surface area (Å²) in [6.45, 7) is 15.5. The van der Waals surface area contributed by atoms with Gasteiger partial charge in [-0.1, -0.05) is 71.6 Å². The second kappa shape index (κ2) is 13.9. The number of aryl methyl sites for hydroxylation is 1. The molecule has 2 aromatic heterocycles. The Morgan fingerprint density at radius 2 is 1.61 bits per heavy atom. The zero-order valence-corrected chi connectivity index (χ0v) is 29.7. The SMILES string of the molecule is CCOc1cc2c(cc1C)SC(=C/C(C)=c1/sc(=Cc3sc(-c4ccccc4)c(-c4ccccc4)[n+]3CC)n(CC)c1=O)N2CC. The van der Waals surface area contributed by atoms with Crippen LogP contribution in [0.2, 0.25) is 0 Å². The van der Waals surface area contributed by atoms with Gasteiger partial charge >= 0.3 is 0 Å². The molecule has 3 aromatic carbocycles. The maximum atomic E-state index is 13.9. The summed E-state index contributed by atoms with van der Waals surface area (Å²) in [4.78, 5) is 18.7. The number of hydrogen-bond donors (Lipinski definition) is 0. The van der Waals surface area contributed by atoms with Gasteiger partial charge < -0.3 is 9.64 Å². The van der Waals surface area contributed by atoms with E-state index in [2.05, 4.69) is 129 Å². The van der Waals surface area contributed by atoms with Crippen molar-refractivity contribution in [2.24, 2.45) is 0 Å². The highest BCUT2D eigenvalue weighted by atomic mass is 32.2. The monoisotopic (exact) mass is 666 g/mol. The fourth-order valence-corrected chi connectivity index (χ4v) is 9.73. The second-order valence-corrected chi connectivity index (χ2v) is 14.2. The van der Waals surface area contributed by atoms with E-state index in [1.807, 2.05) is 11.5 Å². The molecular formula is C38H40N3O2S3+. The third-order valence-electron chi connectivity index (χ3n) is 8.17. The smallest absolute Gasteiger partial charge is 0.269 e. The van der Waals surface area contributed by atoms with Crippen molar-refractivity contribution in [1.82, 2.24) is 4.57 Å². The normalized spacial score (nSPS) is 14.7. The number of rotatable bonds is 9. The predicted molar refractivity (Wildman–Crippen MR) is 197 cm³/mol. The van der Waals surface area contributed by atoms with Gasteiger partial charge in [0.05, 0.1) is 27.9 Å². The number of thiazole rings is 2. The zero-order chi connectivity index (χ0) is 32.4. The highest BCUT2D eigenvalue weighted by molar-refractivity contribution is 8.03. The molecule has 0 amide bonds. The summed E-state index contributed by atoms with van der Waals surface area (Å²) >= 11 is 5.13. The van der Waals surface area contributed by atoms with Crippen molar-refractivity contribution >= 4 is 51.8 Å². The summed E-state index contributed by atoms with van der Waals surface area (Å²) in [6.07, 6.45) is 4.39. The first-order valence-corrected chi connectivity index (χ1v) is 18.4. The highest BCUT2D eigenvalue weighted by Crippen LogP contribution is 2.48. The van der Waals surface area contributed by atoms with Gasteiger partial charge in [-0.3, -0.25) is 9.36 Å². The molecule has 8 heteroatoms. The van der Waals surface area contributed by atoms with Crippen molar-refractivity contribution in [3.8, 4) is 27.4 Å². The van der Waals surface area contributed by atoms with Crippen molar-refractivity contribution in [1.29, 1.82) is 0 Å². The standard InChI is InChI=1S/C38H40N3O2S3/c1-7-39-29-23-30(43-10-4)25(5)21-31(29)44-32(39)22-26(6)36-38(42)41(9-3)34(45-36)24-33-40(8-2)35(27-17-13-11-14-18-27)37(46-33)28-19-15-12-16-20-28/h11-24H,7-10H2,1-6H3/q+1/b32-22?,36-26+. The van der Waals surface area contributed by atoms with E-state index < -0.39 is 0 Å². The van der Waals surface area contributed by atoms with E-state index in [4.69, 9.17) is 4.74 Å². The first-order chi connectivity index (χ1) is 22.4. The Morgan fingerprint density at radius 1 is 0.913 bits per heavy atom. The molecule has 3 heterocycles. The number of ether oxygens (including phenoxy) is 1. The van der Waals surface area contributed by atoms with E-state index in [1.165, 1.54) is 26.6 Å².